The van der Waals surface area contributed by atoms with E-state index >= 15 is 0 Å². The van der Waals surface area contributed by atoms with Crippen LogP contribution >= 0.6 is 27.3 Å². The van der Waals surface area contributed by atoms with E-state index < -0.39 is 0 Å². The molecule has 2 aromatic rings. The van der Waals surface area contributed by atoms with E-state index in [4.69, 9.17) is 0 Å². The number of rotatable bonds is 3. The summed E-state index contributed by atoms with van der Waals surface area (Å²) in [4.78, 5) is 1.31. The van der Waals surface area contributed by atoms with Crippen molar-refractivity contribution in [2.75, 3.05) is 0 Å². The molecular weight excluding hydrogens is 287 g/mol. The SMILES string of the molecule is Cc1ccc(F)c(C(Br)Cc2cccs2)c1. The molecule has 1 atom stereocenters. The molecule has 1 heterocycles. The molecular formula is C13H12BrFS. The maximum atomic E-state index is 13.6. The third-order valence-electron chi connectivity index (χ3n) is 2.45. The monoisotopic (exact) mass is 298 g/mol. The lowest BCUT2D eigenvalue weighted by atomic mass is 10.1. The smallest absolute Gasteiger partial charge is 0.127 e. The van der Waals surface area contributed by atoms with Crippen molar-refractivity contribution in [3.8, 4) is 0 Å². The molecule has 1 aromatic carbocycles. The second-order valence-electron chi connectivity index (χ2n) is 3.78. The highest BCUT2D eigenvalue weighted by molar-refractivity contribution is 9.09. The molecule has 3 heteroatoms. The summed E-state index contributed by atoms with van der Waals surface area (Å²) in [7, 11) is 0. The van der Waals surface area contributed by atoms with Crippen LogP contribution in [0.1, 0.15) is 20.8 Å². The van der Waals surface area contributed by atoms with Crippen LogP contribution in [-0.4, -0.2) is 0 Å². The largest absolute Gasteiger partial charge is 0.207 e. The first-order valence-corrected chi connectivity index (χ1v) is 6.89. The predicted molar refractivity (Wildman–Crippen MR) is 70.8 cm³/mol. The van der Waals surface area contributed by atoms with Crippen molar-refractivity contribution in [1.82, 2.24) is 0 Å². The average Bonchev–Trinajstić information content (AvgIpc) is 2.74. The van der Waals surface area contributed by atoms with Crippen LogP contribution in [0.4, 0.5) is 4.39 Å². The van der Waals surface area contributed by atoms with Gasteiger partial charge in [-0.3, -0.25) is 0 Å². The molecule has 0 spiro atoms. The number of hydrogen-bond acceptors (Lipinski definition) is 1. The molecule has 0 N–H and O–H groups in total. The van der Waals surface area contributed by atoms with Crippen molar-refractivity contribution >= 4 is 27.3 Å². The summed E-state index contributed by atoms with van der Waals surface area (Å²) in [6.45, 7) is 1.98. The molecule has 0 fully saturated rings. The van der Waals surface area contributed by atoms with E-state index in [0.717, 1.165) is 17.5 Å². The molecule has 0 nitrogen and oxygen atoms in total. The minimum atomic E-state index is -0.135. The molecule has 1 unspecified atom stereocenters. The molecule has 0 aliphatic carbocycles. The standard InChI is InChI=1S/C13H12BrFS/c1-9-4-5-13(15)11(7-9)12(14)8-10-3-2-6-16-10/h2-7,12H,8H2,1H3. The summed E-state index contributed by atoms with van der Waals surface area (Å²) in [5, 5.41) is 2.04. The summed E-state index contributed by atoms with van der Waals surface area (Å²) in [6, 6.07) is 9.33. The van der Waals surface area contributed by atoms with Gasteiger partial charge in [-0.25, -0.2) is 4.39 Å². The molecule has 0 amide bonds. The van der Waals surface area contributed by atoms with E-state index in [1.54, 1.807) is 17.4 Å². The topological polar surface area (TPSA) is 0 Å². The summed E-state index contributed by atoms with van der Waals surface area (Å²) < 4.78 is 13.6. The summed E-state index contributed by atoms with van der Waals surface area (Å²) in [5.41, 5.74) is 1.83. The van der Waals surface area contributed by atoms with Crippen LogP contribution in [0.5, 0.6) is 0 Å². The molecule has 1 aromatic heterocycles. The Morgan fingerprint density at radius 1 is 1.38 bits per heavy atom. The van der Waals surface area contributed by atoms with Gasteiger partial charge in [0, 0.05) is 15.3 Å². The minimum Gasteiger partial charge on any atom is -0.207 e. The van der Waals surface area contributed by atoms with Crippen LogP contribution in [0.25, 0.3) is 0 Å². The van der Waals surface area contributed by atoms with Crippen LogP contribution in [-0.2, 0) is 6.42 Å². The van der Waals surface area contributed by atoms with E-state index in [-0.39, 0.29) is 10.6 Å². The van der Waals surface area contributed by atoms with Crippen molar-refractivity contribution in [3.63, 3.8) is 0 Å². The second-order valence-corrected chi connectivity index (χ2v) is 5.91. The highest BCUT2D eigenvalue weighted by Gasteiger charge is 2.13. The van der Waals surface area contributed by atoms with E-state index in [9.17, 15) is 4.39 Å². The zero-order valence-electron chi connectivity index (χ0n) is 8.91. The van der Waals surface area contributed by atoms with Crippen molar-refractivity contribution in [2.24, 2.45) is 0 Å². The average molecular weight is 299 g/mol. The van der Waals surface area contributed by atoms with Crippen LogP contribution in [0.15, 0.2) is 35.7 Å². The van der Waals surface area contributed by atoms with Gasteiger partial charge in [0.05, 0.1) is 0 Å². The summed E-state index contributed by atoms with van der Waals surface area (Å²) in [6.07, 6.45) is 0.831. The zero-order chi connectivity index (χ0) is 11.5. The van der Waals surface area contributed by atoms with Crippen molar-refractivity contribution < 1.29 is 4.39 Å². The molecule has 2 rings (SSSR count). The molecule has 16 heavy (non-hydrogen) atoms. The Kier molecular flexibility index (Phi) is 3.77. The summed E-state index contributed by atoms with van der Waals surface area (Å²) in [5.74, 6) is -0.135. The van der Waals surface area contributed by atoms with Gasteiger partial charge in [-0.05, 0) is 30.9 Å². The number of benzene rings is 1. The van der Waals surface area contributed by atoms with E-state index in [1.165, 1.54) is 10.9 Å². The Hall–Kier alpha value is -0.670. The fourth-order valence-corrected chi connectivity index (χ4v) is 3.28. The van der Waals surface area contributed by atoms with Gasteiger partial charge in [-0.15, -0.1) is 11.3 Å². The molecule has 0 saturated carbocycles. The third kappa shape index (κ3) is 2.71. The van der Waals surface area contributed by atoms with Crippen LogP contribution < -0.4 is 0 Å². The van der Waals surface area contributed by atoms with E-state index in [0.29, 0.717) is 0 Å². The van der Waals surface area contributed by atoms with Gasteiger partial charge in [0.25, 0.3) is 0 Å². The Labute approximate surface area is 107 Å². The minimum absolute atomic E-state index is 0.0473. The quantitative estimate of drug-likeness (QED) is 0.709. The van der Waals surface area contributed by atoms with Gasteiger partial charge in [-0.1, -0.05) is 39.7 Å². The lowest BCUT2D eigenvalue weighted by Gasteiger charge is -2.11. The zero-order valence-corrected chi connectivity index (χ0v) is 11.3. The number of halogens is 2. The van der Waals surface area contributed by atoms with Gasteiger partial charge < -0.3 is 0 Å². The van der Waals surface area contributed by atoms with Crippen molar-refractivity contribution in [2.45, 2.75) is 18.2 Å². The second kappa shape index (κ2) is 5.11. The highest BCUT2D eigenvalue weighted by Crippen LogP contribution is 2.30. The first kappa shape index (κ1) is 11.8. The van der Waals surface area contributed by atoms with Crippen LogP contribution in [0.3, 0.4) is 0 Å². The molecule has 0 saturated heterocycles. The number of thiophene rings is 1. The van der Waals surface area contributed by atoms with Crippen LogP contribution in [0.2, 0.25) is 0 Å². The normalized spacial score (nSPS) is 12.7. The Bertz CT molecular complexity index is 465. The summed E-state index contributed by atoms with van der Waals surface area (Å²) >= 11 is 5.26. The Morgan fingerprint density at radius 3 is 2.88 bits per heavy atom. The maximum Gasteiger partial charge on any atom is 0.127 e. The lowest BCUT2D eigenvalue weighted by molar-refractivity contribution is 0.608. The van der Waals surface area contributed by atoms with Crippen LogP contribution in [0, 0.1) is 12.7 Å². The van der Waals surface area contributed by atoms with Gasteiger partial charge in [0.1, 0.15) is 5.82 Å². The highest BCUT2D eigenvalue weighted by atomic mass is 79.9. The van der Waals surface area contributed by atoms with Gasteiger partial charge in [0.15, 0.2) is 0 Å². The molecule has 0 aliphatic rings. The maximum absolute atomic E-state index is 13.6. The molecule has 0 bridgehead atoms. The number of alkyl halides is 1. The fourth-order valence-electron chi connectivity index (χ4n) is 1.62. The van der Waals surface area contributed by atoms with E-state index in [2.05, 4.69) is 22.0 Å². The van der Waals surface area contributed by atoms with E-state index in [1.807, 2.05) is 24.4 Å². The number of hydrogen-bond donors (Lipinski definition) is 0. The van der Waals surface area contributed by atoms with Crippen molar-refractivity contribution in [1.29, 1.82) is 0 Å². The van der Waals surface area contributed by atoms with Gasteiger partial charge >= 0.3 is 0 Å². The molecule has 0 radical (unpaired) electrons. The number of aryl methyl sites for hydroxylation is 1. The predicted octanol–water partition coefficient (Wildman–Crippen LogP) is 4.87. The third-order valence-corrected chi connectivity index (χ3v) is 4.17. The Balaban J connectivity index is 2.20. The van der Waals surface area contributed by atoms with Gasteiger partial charge in [-0.2, -0.15) is 0 Å². The first-order valence-electron chi connectivity index (χ1n) is 5.09. The molecule has 84 valence electrons. The van der Waals surface area contributed by atoms with Crippen molar-refractivity contribution in [3.05, 3.63) is 57.5 Å². The fraction of sp³-hybridized carbons (Fsp3) is 0.231. The lowest BCUT2D eigenvalue weighted by Crippen LogP contribution is -1.98. The first-order chi connectivity index (χ1) is 7.66. The Morgan fingerprint density at radius 2 is 2.19 bits per heavy atom. The molecule has 0 aliphatic heterocycles. The van der Waals surface area contributed by atoms with Gasteiger partial charge in [0.2, 0.25) is 0 Å².